The molecule has 4 rings (SSSR count). The molecule has 7 nitrogen and oxygen atoms in total. The van der Waals surface area contributed by atoms with Crippen LogP contribution in [0.2, 0.25) is 0 Å². The number of H-pyrrole nitrogens is 1. The first kappa shape index (κ1) is 23.9. The normalized spacial score (nSPS) is 15.9. The van der Waals surface area contributed by atoms with Crippen molar-refractivity contribution < 1.29 is 17.9 Å². The van der Waals surface area contributed by atoms with E-state index in [0.29, 0.717) is 32.7 Å². The van der Waals surface area contributed by atoms with E-state index in [2.05, 4.69) is 17.1 Å². The molecule has 3 heterocycles. The van der Waals surface area contributed by atoms with Crippen LogP contribution in [-0.2, 0) is 26.0 Å². The number of rotatable bonds is 10. The number of nitrogens with zero attached hydrogens (tertiary/aromatic N) is 1. The van der Waals surface area contributed by atoms with Crippen LogP contribution in [-0.4, -0.2) is 55.7 Å². The van der Waals surface area contributed by atoms with Gasteiger partial charge in [-0.1, -0.05) is 6.07 Å². The monoisotopic (exact) mass is 489 g/mol. The minimum Gasteiger partial charge on any atom is -0.382 e. The van der Waals surface area contributed by atoms with Gasteiger partial charge in [-0.2, -0.15) is 0 Å². The zero-order valence-corrected chi connectivity index (χ0v) is 20.5. The van der Waals surface area contributed by atoms with Gasteiger partial charge in [0.25, 0.3) is 0 Å². The van der Waals surface area contributed by atoms with Crippen molar-refractivity contribution in [3.63, 3.8) is 0 Å². The number of aromatic nitrogens is 1. The Hall–Kier alpha value is -2.20. The number of amides is 1. The van der Waals surface area contributed by atoms with E-state index in [1.807, 2.05) is 30.6 Å². The fourth-order valence-corrected chi connectivity index (χ4v) is 6.86. The van der Waals surface area contributed by atoms with E-state index in [1.165, 1.54) is 5.56 Å². The smallest absolute Gasteiger partial charge is 0.221 e. The Bertz CT molecular complexity index is 1190. The van der Waals surface area contributed by atoms with Crippen LogP contribution in [0, 0.1) is 0 Å². The number of aromatic amines is 1. The fourth-order valence-electron chi connectivity index (χ4n) is 4.64. The molecule has 3 aromatic rings. The average Bonchev–Trinajstić information content (AvgIpc) is 3.47. The number of carbonyl (C=O) groups excluding carboxylic acids is 1. The summed E-state index contributed by atoms with van der Waals surface area (Å²) in [5, 5.41) is 3.13. The lowest BCUT2D eigenvalue weighted by Gasteiger charge is -2.31. The number of nitrogens with one attached hydrogen (secondary N) is 1. The molecule has 0 radical (unpaired) electrons. The maximum Gasteiger partial charge on any atom is 0.221 e. The quantitative estimate of drug-likeness (QED) is 0.422. The van der Waals surface area contributed by atoms with E-state index in [4.69, 9.17) is 10.5 Å². The van der Waals surface area contributed by atoms with Gasteiger partial charge in [0.15, 0.2) is 0 Å². The summed E-state index contributed by atoms with van der Waals surface area (Å²) in [4.78, 5) is 16.2. The first-order valence-corrected chi connectivity index (χ1v) is 13.9. The van der Waals surface area contributed by atoms with Gasteiger partial charge < -0.3 is 15.5 Å². The van der Waals surface area contributed by atoms with E-state index in [1.54, 1.807) is 15.6 Å². The van der Waals surface area contributed by atoms with Crippen LogP contribution in [0.4, 0.5) is 0 Å². The molecule has 178 valence electrons. The highest BCUT2D eigenvalue weighted by Gasteiger charge is 2.29. The minimum absolute atomic E-state index is 0.130. The second-order valence-corrected chi connectivity index (χ2v) is 11.5. The maximum absolute atomic E-state index is 12.7. The molecule has 1 aromatic carbocycles. The van der Waals surface area contributed by atoms with Gasteiger partial charge in [0.05, 0.1) is 12.2 Å². The molecule has 0 aliphatic carbocycles. The Kier molecular flexibility index (Phi) is 7.53. The second kappa shape index (κ2) is 10.4. The Morgan fingerprint density at radius 2 is 2.09 bits per heavy atom. The Balaban J connectivity index is 1.55. The second-order valence-electron chi connectivity index (χ2n) is 8.46. The molecule has 9 heteroatoms. The largest absolute Gasteiger partial charge is 0.382 e. The average molecular weight is 490 g/mol. The summed E-state index contributed by atoms with van der Waals surface area (Å²) in [7, 11) is -3.26. The van der Waals surface area contributed by atoms with E-state index in [0.717, 1.165) is 39.7 Å². The number of hydrogen-bond acceptors (Lipinski definition) is 5. The molecular weight excluding hydrogens is 458 g/mol. The lowest BCUT2D eigenvalue weighted by molar-refractivity contribution is -0.117. The zero-order valence-electron chi connectivity index (χ0n) is 18.9. The van der Waals surface area contributed by atoms with Crippen molar-refractivity contribution in [3.05, 3.63) is 47.0 Å². The van der Waals surface area contributed by atoms with Gasteiger partial charge >= 0.3 is 0 Å². The summed E-state index contributed by atoms with van der Waals surface area (Å²) in [6.07, 6.45) is 4.25. The third kappa shape index (κ3) is 5.48. The first-order valence-electron chi connectivity index (χ1n) is 11.4. The van der Waals surface area contributed by atoms with Crippen molar-refractivity contribution in [2.75, 3.05) is 32.1 Å². The highest BCUT2D eigenvalue weighted by atomic mass is 32.2. The lowest BCUT2D eigenvalue weighted by Crippen LogP contribution is -2.39. The van der Waals surface area contributed by atoms with Gasteiger partial charge in [-0.05, 0) is 72.4 Å². The Labute approximate surface area is 199 Å². The molecule has 1 fully saturated rings. The number of fused-ring (bicyclic) bond motifs is 1. The number of thiophene rings is 1. The summed E-state index contributed by atoms with van der Waals surface area (Å²) < 4.78 is 32.3. The van der Waals surface area contributed by atoms with Crippen LogP contribution in [0.25, 0.3) is 21.3 Å². The molecule has 0 atom stereocenters. The Morgan fingerprint density at radius 3 is 2.76 bits per heavy atom. The van der Waals surface area contributed by atoms with Crippen LogP contribution in [0.15, 0.2) is 35.8 Å². The standard InChI is InChI=1S/C24H31N3O4S2/c1-2-31-10-4-12-33(29,30)27-8-6-17(7-9-27)21-16-26-24-19(15-23(25)28)13-18(14-20(21)24)22-5-3-11-32-22/h3,5,11,13-14,16-17,26H,2,4,6-10,12,15H2,1H3,(H2,25,28). The van der Waals surface area contributed by atoms with E-state index in [9.17, 15) is 13.2 Å². The summed E-state index contributed by atoms with van der Waals surface area (Å²) in [6.45, 7) is 4.03. The van der Waals surface area contributed by atoms with Crippen LogP contribution >= 0.6 is 11.3 Å². The van der Waals surface area contributed by atoms with Crippen molar-refractivity contribution in [1.82, 2.24) is 9.29 Å². The molecule has 0 bridgehead atoms. The van der Waals surface area contributed by atoms with Gasteiger partial charge in [0, 0.05) is 48.3 Å². The maximum atomic E-state index is 12.7. The van der Waals surface area contributed by atoms with E-state index < -0.39 is 10.0 Å². The summed E-state index contributed by atoms with van der Waals surface area (Å²) in [6, 6.07) is 8.30. The molecule has 0 saturated carbocycles. The van der Waals surface area contributed by atoms with Crippen molar-refractivity contribution in [1.29, 1.82) is 0 Å². The first-order chi connectivity index (χ1) is 15.9. The number of carbonyl (C=O) groups is 1. The van der Waals surface area contributed by atoms with Crippen LogP contribution in [0.1, 0.15) is 43.2 Å². The SMILES string of the molecule is CCOCCCS(=O)(=O)N1CCC(c2c[nH]c3c(CC(N)=O)cc(-c4cccs4)cc23)CC1. The molecule has 1 amide bonds. The summed E-state index contributed by atoms with van der Waals surface area (Å²) in [5.74, 6) is 0.0260. The number of nitrogens with two attached hydrogens (primary N) is 1. The minimum atomic E-state index is -3.26. The van der Waals surface area contributed by atoms with Crippen LogP contribution in [0.5, 0.6) is 0 Å². The number of sulfonamides is 1. The topological polar surface area (TPSA) is 105 Å². The molecule has 0 spiro atoms. The Morgan fingerprint density at radius 1 is 1.30 bits per heavy atom. The number of primary amides is 1. The van der Waals surface area contributed by atoms with E-state index >= 15 is 0 Å². The highest BCUT2D eigenvalue weighted by Crippen LogP contribution is 2.38. The zero-order chi connectivity index (χ0) is 23.4. The van der Waals surface area contributed by atoms with Gasteiger partial charge in [-0.15, -0.1) is 11.3 Å². The van der Waals surface area contributed by atoms with Crippen molar-refractivity contribution in [3.8, 4) is 10.4 Å². The molecule has 3 N–H and O–H groups in total. The summed E-state index contributed by atoms with van der Waals surface area (Å²) in [5.41, 5.74) is 9.61. The van der Waals surface area contributed by atoms with Gasteiger partial charge in [-0.3, -0.25) is 4.79 Å². The fraction of sp³-hybridized carbons (Fsp3) is 0.458. The highest BCUT2D eigenvalue weighted by molar-refractivity contribution is 7.89. The van der Waals surface area contributed by atoms with Crippen molar-refractivity contribution >= 4 is 38.2 Å². The van der Waals surface area contributed by atoms with E-state index in [-0.39, 0.29) is 24.0 Å². The number of hydrogen-bond donors (Lipinski definition) is 2. The predicted molar refractivity (Wildman–Crippen MR) is 133 cm³/mol. The number of piperidine rings is 1. The number of ether oxygens (including phenoxy) is 1. The van der Waals surface area contributed by atoms with Crippen LogP contribution in [0.3, 0.4) is 0 Å². The predicted octanol–water partition coefficient (Wildman–Crippen LogP) is 3.86. The molecule has 33 heavy (non-hydrogen) atoms. The third-order valence-electron chi connectivity index (χ3n) is 6.26. The lowest BCUT2D eigenvalue weighted by atomic mass is 9.89. The molecular formula is C24H31N3O4S2. The van der Waals surface area contributed by atoms with Crippen LogP contribution < -0.4 is 5.73 Å². The summed E-state index contributed by atoms with van der Waals surface area (Å²) >= 11 is 1.66. The van der Waals surface area contributed by atoms with Gasteiger partial charge in [-0.25, -0.2) is 12.7 Å². The van der Waals surface area contributed by atoms with Gasteiger partial charge in [0.1, 0.15) is 0 Å². The molecule has 1 aliphatic rings. The molecule has 2 aromatic heterocycles. The number of benzene rings is 1. The molecule has 1 aliphatic heterocycles. The van der Waals surface area contributed by atoms with Gasteiger partial charge in [0.2, 0.25) is 15.9 Å². The molecule has 1 saturated heterocycles. The molecule has 0 unspecified atom stereocenters. The van der Waals surface area contributed by atoms with Crippen molar-refractivity contribution in [2.24, 2.45) is 5.73 Å². The van der Waals surface area contributed by atoms with Crippen molar-refractivity contribution in [2.45, 2.75) is 38.5 Å². The third-order valence-corrected chi connectivity index (χ3v) is 9.13.